The molecule has 2 aromatic carbocycles. The molecule has 28 heavy (non-hydrogen) atoms. The Morgan fingerprint density at radius 1 is 1.00 bits per heavy atom. The van der Waals surface area contributed by atoms with Gasteiger partial charge in [-0.25, -0.2) is 4.79 Å². The van der Waals surface area contributed by atoms with Crippen LogP contribution in [0.25, 0.3) is 10.9 Å². The highest BCUT2D eigenvalue weighted by Gasteiger charge is 2.28. The van der Waals surface area contributed by atoms with Gasteiger partial charge < -0.3 is 10.2 Å². The van der Waals surface area contributed by atoms with Crippen LogP contribution < -0.4 is 5.32 Å². The Hall–Kier alpha value is -2.92. The number of rotatable bonds is 3. The van der Waals surface area contributed by atoms with E-state index in [9.17, 15) is 9.59 Å². The number of pyridine rings is 1. The minimum absolute atomic E-state index is 0.0653. The predicted molar refractivity (Wildman–Crippen MR) is 111 cm³/mol. The van der Waals surface area contributed by atoms with Crippen molar-refractivity contribution in [1.29, 1.82) is 0 Å². The van der Waals surface area contributed by atoms with Crippen molar-refractivity contribution in [2.75, 3.05) is 18.4 Å². The average Bonchev–Trinajstić information content (AvgIpc) is 2.74. The lowest BCUT2D eigenvalue weighted by Gasteiger charge is -2.31. The van der Waals surface area contributed by atoms with Gasteiger partial charge in [-0.2, -0.15) is 0 Å². The Bertz CT molecular complexity index is 1010. The van der Waals surface area contributed by atoms with E-state index in [1.165, 1.54) is 0 Å². The molecular weight excluding hydrogens is 374 g/mol. The molecule has 0 unspecified atom stereocenters. The molecule has 3 aromatic rings. The van der Waals surface area contributed by atoms with Crippen LogP contribution in [0.4, 0.5) is 10.5 Å². The monoisotopic (exact) mass is 393 g/mol. The molecule has 0 atom stereocenters. The van der Waals surface area contributed by atoms with Gasteiger partial charge in [0.15, 0.2) is 5.78 Å². The van der Waals surface area contributed by atoms with Crippen LogP contribution in [0, 0.1) is 5.92 Å². The second kappa shape index (κ2) is 7.98. The molecule has 6 heteroatoms. The van der Waals surface area contributed by atoms with Crippen LogP contribution in [0.3, 0.4) is 0 Å². The summed E-state index contributed by atoms with van der Waals surface area (Å²) in [5.74, 6) is 0.0550. The minimum atomic E-state index is -0.157. The Morgan fingerprint density at radius 3 is 2.46 bits per heavy atom. The molecule has 1 N–H and O–H groups in total. The van der Waals surface area contributed by atoms with Gasteiger partial charge in [0, 0.05) is 41.2 Å². The van der Waals surface area contributed by atoms with Crippen molar-refractivity contribution in [1.82, 2.24) is 9.88 Å². The largest absolute Gasteiger partial charge is 0.324 e. The summed E-state index contributed by atoms with van der Waals surface area (Å²) in [7, 11) is 0. The number of carbonyl (C=O) groups excluding carboxylic acids is 2. The van der Waals surface area contributed by atoms with Gasteiger partial charge in [-0.3, -0.25) is 9.78 Å². The molecule has 0 aliphatic carbocycles. The van der Waals surface area contributed by atoms with Gasteiger partial charge >= 0.3 is 6.03 Å². The molecule has 4 rings (SSSR count). The number of nitrogens with one attached hydrogen (secondary N) is 1. The maximum absolute atomic E-state index is 12.7. The van der Waals surface area contributed by atoms with Crippen molar-refractivity contribution in [2.45, 2.75) is 12.8 Å². The van der Waals surface area contributed by atoms with Crippen LogP contribution in [0.2, 0.25) is 5.02 Å². The summed E-state index contributed by atoms with van der Waals surface area (Å²) in [6, 6.07) is 16.4. The third kappa shape index (κ3) is 3.85. The van der Waals surface area contributed by atoms with E-state index in [-0.39, 0.29) is 17.7 Å². The molecular formula is C22H20ClN3O2. The first-order chi connectivity index (χ1) is 13.6. The molecule has 142 valence electrons. The summed E-state index contributed by atoms with van der Waals surface area (Å²) in [4.78, 5) is 31.5. The van der Waals surface area contributed by atoms with Crippen molar-refractivity contribution >= 4 is 40.0 Å². The highest BCUT2D eigenvalue weighted by atomic mass is 35.5. The SMILES string of the molecule is O=C(c1ccc(Cl)cc1)C1CCN(C(=O)Nc2cccc3cccnc23)CC1. The van der Waals surface area contributed by atoms with Crippen LogP contribution in [0.15, 0.2) is 60.8 Å². The number of ketones is 1. The third-order valence-electron chi connectivity index (χ3n) is 5.16. The third-order valence-corrected chi connectivity index (χ3v) is 5.41. The van der Waals surface area contributed by atoms with E-state index in [2.05, 4.69) is 10.3 Å². The molecule has 2 amide bonds. The highest BCUT2D eigenvalue weighted by molar-refractivity contribution is 6.30. The summed E-state index contributed by atoms with van der Waals surface area (Å²) >= 11 is 5.89. The fourth-order valence-electron chi connectivity index (χ4n) is 3.59. The van der Waals surface area contributed by atoms with Gasteiger partial charge in [0.2, 0.25) is 0 Å². The van der Waals surface area contributed by atoms with Gasteiger partial charge in [0.05, 0.1) is 11.2 Å². The number of anilines is 1. The molecule has 1 saturated heterocycles. The minimum Gasteiger partial charge on any atom is -0.324 e. The number of para-hydroxylation sites is 1. The second-order valence-electron chi connectivity index (χ2n) is 6.94. The van der Waals surface area contributed by atoms with Gasteiger partial charge in [0.1, 0.15) is 0 Å². The zero-order chi connectivity index (χ0) is 19.5. The number of nitrogens with zero attached hydrogens (tertiary/aromatic N) is 2. The van der Waals surface area contributed by atoms with Crippen molar-refractivity contribution in [3.63, 3.8) is 0 Å². The molecule has 0 saturated carbocycles. The number of Topliss-reactive ketones (excluding diaryl/α,β-unsaturated/α-hetero) is 1. The zero-order valence-electron chi connectivity index (χ0n) is 15.3. The maximum atomic E-state index is 12.7. The van der Waals surface area contributed by atoms with Gasteiger partial charge in [-0.1, -0.05) is 29.8 Å². The maximum Gasteiger partial charge on any atom is 0.321 e. The number of likely N-dealkylation sites (tertiary alicyclic amines) is 1. The average molecular weight is 394 g/mol. The summed E-state index contributed by atoms with van der Waals surface area (Å²) in [5, 5.41) is 4.56. The van der Waals surface area contributed by atoms with Crippen LogP contribution in [-0.4, -0.2) is 34.8 Å². The fraction of sp³-hybridized carbons (Fsp3) is 0.227. The molecule has 1 aliphatic rings. The zero-order valence-corrected chi connectivity index (χ0v) is 16.0. The van der Waals surface area contributed by atoms with E-state index in [1.807, 2.05) is 30.3 Å². The highest BCUT2D eigenvalue weighted by Crippen LogP contribution is 2.25. The number of halogens is 1. The Kier molecular flexibility index (Phi) is 5.26. The van der Waals surface area contributed by atoms with Gasteiger partial charge in [-0.15, -0.1) is 0 Å². The van der Waals surface area contributed by atoms with Crippen molar-refractivity contribution in [3.05, 3.63) is 71.4 Å². The normalized spacial score (nSPS) is 14.8. The quantitative estimate of drug-likeness (QED) is 0.636. The van der Waals surface area contributed by atoms with Crippen LogP contribution in [0.5, 0.6) is 0 Å². The van der Waals surface area contributed by atoms with E-state index in [0.717, 1.165) is 10.9 Å². The molecule has 0 radical (unpaired) electrons. The Labute approximate surface area is 168 Å². The second-order valence-corrected chi connectivity index (χ2v) is 7.38. The van der Waals surface area contributed by atoms with E-state index in [0.29, 0.717) is 42.2 Å². The number of aromatic nitrogens is 1. The fourth-order valence-corrected chi connectivity index (χ4v) is 3.72. The van der Waals surface area contributed by atoms with Gasteiger partial charge in [-0.05, 0) is 49.2 Å². The molecule has 1 fully saturated rings. The molecule has 5 nitrogen and oxygen atoms in total. The lowest BCUT2D eigenvalue weighted by molar-refractivity contribution is 0.0859. The van der Waals surface area contributed by atoms with Crippen LogP contribution in [0.1, 0.15) is 23.2 Å². The van der Waals surface area contributed by atoms with Crippen molar-refractivity contribution in [3.8, 4) is 0 Å². The summed E-state index contributed by atoms with van der Waals surface area (Å²) in [6.45, 7) is 1.10. The topological polar surface area (TPSA) is 62.3 Å². The van der Waals surface area contributed by atoms with E-state index < -0.39 is 0 Å². The summed E-state index contributed by atoms with van der Waals surface area (Å²) < 4.78 is 0. The van der Waals surface area contributed by atoms with Crippen LogP contribution >= 0.6 is 11.6 Å². The lowest BCUT2D eigenvalue weighted by Crippen LogP contribution is -2.42. The molecule has 0 spiro atoms. The van der Waals surface area contributed by atoms with E-state index >= 15 is 0 Å². The smallest absolute Gasteiger partial charge is 0.321 e. The number of carbonyl (C=O) groups is 2. The van der Waals surface area contributed by atoms with E-state index in [4.69, 9.17) is 11.6 Å². The number of amides is 2. The molecule has 2 heterocycles. The lowest BCUT2D eigenvalue weighted by atomic mass is 9.89. The van der Waals surface area contributed by atoms with Gasteiger partial charge in [0.25, 0.3) is 0 Å². The standard InChI is InChI=1S/C22H20ClN3O2/c23-18-8-6-16(7-9-18)21(27)17-10-13-26(14-11-17)22(28)25-19-5-1-3-15-4-2-12-24-20(15)19/h1-9,12,17H,10-11,13-14H2,(H,25,28). The molecule has 1 aromatic heterocycles. The van der Waals surface area contributed by atoms with Crippen molar-refractivity contribution < 1.29 is 9.59 Å². The number of hydrogen-bond acceptors (Lipinski definition) is 3. The van der Waals surface area contributed by atoms with E-state index in [1.54, 1.807) is 35.4 Å². The first-order valence-corrected chi connectivity index (χ1v) is 9.69. The first-order valence-electron chi connectivity index (χ1n) is 9.31. The number of benzene rings is 2. The predicted octanol–water partition coefficient (Wildman–Crippen LogP) is 5.02. The number of urea groups is 1. The number of piperidine rings is 1. The van der Waals surface area contributed by atoms with Crippen LogP contribution in [-0.2, 0) is 0 Å². The van der Waals surface area contributed by atoms with Crippen molar-refractivity contribution in [2.24, 2.45) is 5.92 Å². The molecule has 0 bridgehead atoms. The summed E-state index contributed by atoms with van der Waals surface area (Å²) in [5.41, 5.74) is 2.14. The Morgan fingerprint density at radius 2 is 1.71 bits per heavy atom. The Balaban J connectivity index is 1.38. The number of fused-ring (bicyclic) bond motifs is 1. The molecule has 1 aliphatic heterocycles. The first kappa shape index (κ1) is 18.4. The summed E-state index contributed by atoms with van der Waals surface area (Å²) in [6.07, 6.45) is 3.02. The number of hydrogen-bond donors (Lipinski definition) is 1.